The van der Waals surface area contributed by atoms with Crippen molar-refractivity contribution in [3.63, 3.8) is 0 Å². The Hall–Kier alpha value is -2.02. The van der Waals surface area contributed by atoms with Gasteiger partial charge in [0.15, 0.2) is 0 Å². The summed E-state index contributed by atoms with van der Waals surface area (Å²) < 4.78 is 18.7. The number of anilines is 1. The smallest absolute Gasteiger partial charge is 0.271 e. The first kappa shape index (κ1) is 16.0. The number of hydrogen-bond acceptors (Lipinski definition) is 4. The normalized spacial score (nSPS) is 10.6. The first-order valence-electron chi connectivity index (χ1n) is 6.21. The van der Waals surface area contributed by atoms with Crippen LogP contribution >= 0.6 is 0 Å². The molecule has 0 atom stereocenters. The third-order valence-corrected chi connectivity index (χ3v) is 2.36. The Morgan fingerprint density at radius 2 is 2.20 bits per heavy atom. The molecule has 1 aromatic rings. The molecular formula is C13H17FN2O4. The average molecular weight is 284 g/mol. The fraction of sp³-hybridized carbons (Fsp3) is 0.462. The Labute approximate surface area is 116 Å². The van der Waals surface area contributed by atoms with Crippen LogP contribution in [0.5, 0.6) is 0 Å². The lowest BCUT2D eigenvalue weighted by atomic mass is 10.2. The summed E-state index contributed by atoms with van der Waals surface area (Å²) in [5.41, 5.74) is -0.481. The van der Waals surface area contributed by atoms with Crippen molar-refractivity contribution in [2.45, 2.75) is 20.3 Å². The summed E-state index contributed by atoms with van der Waals surface area (Å²) in [6.07, 6.45) is 0.0643. The lowest BCUT2D eigenvalue weighted by Gasteiger charge is -2.08. The van der Waals surface area contributed by atoms with Gasteiger partial charge in [-0.15, -0.1) is 0 Å². The van der Waals surface area contributed by atoms with Gasteiger partial charge in [-0.05, 0) is 12.0 Å². The molecule has 1 N–H and O–H groups in total. The van der Waals surface area contributed by atoms with Gasteiger partial charge in [0.1, 0.15) is 5.82 Å². The van der Waals surface area contributed by atoms with E-state index in [1.807, 2.05) is 13.8 Å². The number of nitro groups is 1. The van der Waals surface area contributed by atoms with Crippen molar-refractivity contribution in [1.82, 2.24) is 0 Å². The third kappa shape index (κ3) is 5.31. The number of ether oxygens (including phenoxy) is 1. The molecule has 0 bridgehead atoms. The molecule has 0 saturated carbocycles. The predicted octanol–water partition coefficient (Wildman–Crippen LogP) is 2.74. The zero-order valence-corrected chi connectivity index (χ0v) is 11.4. The molecule has 1 aromatic carbocycles. The van der Waals surface area contributed by atoms with Gasteiger partial charge in [-0.1, -0.05) is 13.8 Å². The van der Waals surface area contributed by atoms with E-state index < -0.39 is 16.6 Å². The number of nitrogens with one attached hydrogen (secondary N) is 1. The van der Waals surface area contributed by atoms with Crippen LogP contribution in [0.4, 0.5) is 15.8 Å². The fourth-order valence-electron chi connectivity index (χ4n) is 1.42. The van der Waals surface area contributed by atoms with Gasteiger partial charge in [-0.25, -0.2) is 4.39 Å². The van der Waals surface area contributed by atoms with Crippen LogP contribution in [0.15, 0.2) is 18.2 Å². The molecule has 110 valence electrons. The molecule has 0 aliphatic carbocycles. The number of halogens is 1. The van der Waals surface area contributed by atoms with Crippen LogP contribution in [-0.4, -0.2) is 24.0 Å². The van der Waals surface area contributed by atoms with E-state index in [4.69, 9.17) is 4.74 Å². The largest absolute Gasteiger partial charge is 0.381 e. The third-order valence-electron chi connectivity index (χ3n) is 2.36. The summed E-state index contributed by atoms with van der Waals surface area (Å²) in [5, 5.41) is 12.9. The van der Waals surface area contributed by atoms with Crippen molar-refractivity contribution in [2.75, 3.05) is 18.5 Å². The van der Waals surface area contributed by atoms with Crippen molar-refractivity contribution in [3.05, 3.63) is 34.1 Å². The van der Waals surface area contributed by atoms with E-state index in [0.29, 0.717) is 12.5 Å². The van der Waals surface area contributed by atoms with Crippen molar-refractivity contribution >= 4 is 17.3 Å². The monoisotopic (exact) mass is 284 g/mol. The average Bonchev–Trinajstić information content (AvgIpc) is 2.37. The Morgan fingerprint density at radius 1 is 1.50 bits per heavy atom. The minimum Gasteiger partial charge on any atom is -0.381 e. The lowest BCUT2D eigenvalue weighted by Crippen LogP contribution is -2.16. The Balaban J connectivity index is 2.53. The quantitative estimate of drug-likeness (QED) is 0.474. The maximum absolute atomic E-state index is 13.4. The predicted molar refractivity (Wildman–Crippen MR) is 72.0 cm³/mol. The summed E-state index contributed by atoms with van der Waals surface area (Å²) >= 11 is 0. The van der Waals surface area contributed by atoms with Crippen LogP contribution in [0.3, 0.4) is 0 Å². The van der Waals surface area contributed by atoms with Gasteiger partial charge in [-0.3, -0.25) is 14.9 Å². The summed E-state index contributed by atoms with van der Waals surface area (Å²) in [4.78, 5) is 21.5. The van der Waals surface area contributed by atoms with E-state index in [1.165, 1.54) is 0 Å². The molecule has 0 spiro atoms. The maximum Gasteiger partial charge on any atom is 0.271 e. The lowest BCUT2D eigenvalue weighted by molar-refractivity contribution is -0.384. The number of rotatable bonds is 7. The molecule has 0 heterocycles. The minimum atomic E-state index is -0.716. The summed E-state index contributed by atoms with van der Waals surface area (Å²) in [7, 11) is 0. The van der Waals surface area contributed by atoms with Crippen LogP contribution in [-0.2, 0) is 9.53 Å². The molecule has 6 nitrogen and oxygen atoms in total. The van der Waals surface area contributed by atoms with Crippen LogP contribution in [0.2, 0.25) is 0 Å². The van der Waals surface area contributed by atoms with E-state index in [-0.39, 0.29) is 24.4 Å². The molecule has 1 rings (SSSR count). The maximum atomic E-state index is 13.4. The van der Waals surface area contributed by atoms with E-state index in [0.717, 1.165) is 18.2 Å². The first-order chi connectivity index (χ1) is 9.40. The number of non-ortho nitro benzene ring substituents is 1. The van der Waals surface area contributed by atoms with Crippen molar-refractivity contribution in [1.29, 1.82) is 0 Å². The number of benzene rings is 1. The van der Waals surface area contributed by atoms with Gasteiger partial charge in [0.25, 0.3) is 5.69 Å². The highest BCUT2D eigenvalue weighted by atomic mass is 19.1. The van der Waals surface area contributed by atoms with Crippen molar-refractivity contribution < 1.29 is 18.8 Å². The Morgan fingerprint density at radius 3 is 2.80 bits per heavy atom. The SMILES string of the molecule is CC(C)COCCC(=O)Nc1cc([N+](=O)[O-])ccc1F. The highest BCUT2D eigenvalue weighted by Crippen LogP contribution is 2.21. The van der Waals surface area contributed by atoms with Gasteiger partial charge in [0.05, 0.1) is 23.6 Å². The number of carbonyl (C=O) groups excluding carboxylic acids is 1. The van der Waals surface area contributed by atoms with Gasteiger partial charge < -0.3 is 10.1 Å². The number of nitrogens with zero attached hydrogens (tertiary/aromatic N) is 1. The zero-order valence-electron chi connectivity index (χ0n) is 11.4. The second-order valence-corrected chi connectivity index (χ2v) is 4.69. The van der Waals surface area contributed by atoms with Crippen molar-refractivity contribution in [2.24, 2.45) is 5.92 Å². The molecule has 7 heteroatoms. The number of hydrogen-bond donors (Lipinski definition) is 1. The van der Waals surface area contributed by atoms with Crippen LogP contribution in [0.1, 0.15) is 20.3 Å². The number of carbonyl (C=O) groups is 1. The molecule has 0 radical (unpaired) electrons. The first-order valence-corrected chi connectivity index (χ1v) is 6.21. The second-order valence-electron chi connectivity index (χ2n) is 4.69. The molecule has 0 unspecified atom stereocenters. The van der Waals surface area contributed by atoms with Gasteiger partial charge in [0, 0.05) is 18.7 Å². The van der Waals surface area contributed by atoms with Gasteiger partial charge >= 0.3 is 0 Å². The molecule has 0 aliphatic rings. The minimum absolute atomic E-state index is 0.0643. The number of nitro benzene ring substituents is 1. The van der Waals surface area contributed by atoms with Gasteiger partial charge in [-0.2, -0.15) is 0 Å². The van der Waals surface area contributed by atoms with Gasteiger partial charge in [0.2, 0.25) is 5.91 Å². The van der Waals surface area contributed by atoms with E-state index in [9.17, 15) is 19.3 Å². The van der Waals surface area contributed by atoms with E-state index in [1.54, 1.807) is 0 Å². The molecule has 1 amide bonds. The Bertz CT molecular complexity index is 491. The van der Waals surface area contributed by atoms with Crippen LogP contribution in [0, 0.1) is 21.8 Å². The van der Waals surface area contributed by atoms with E-state index in [2.05, 4.69) is 5.32 Å². The van der Waals surface area contributed by atoms with Crippen LogP contribution < -0.4 is 5.32 Å². The highest BCUT2D eigenvalue weighted by Gasteiger charge is 2.13. The summed E-state index contributed by atoms with van der Waals surface area (Å²) in [5.74, 6) is -0.799. The fourth-order valence-corrected chi connectivity index (χ4v) is 1.42. The molecule has 0 aromatic heterocycles. The zero-order chi connectivity index (χ0) is 15.1. The summed E-state index contributed by atoms with van der Waals surface area (Å²) in [6.45, 7) is 4.73. The topological polar surface area (TPSA) is 81.5 Å². The van der Waals surface area contributed by atoms with Crippen LogP contribution in [0.25, 0.3) is 0 Å². The summed E-state index contributed by atoms with van der Waals surface area (Å²) in [6, 6.07) is 2.97. The molecule has 0 aliphatic heterocycles. The van der Waals surface area contributed by atoms with Crippen molar-refractivity contribution in [3.8, 4) is 0 Å². The number of amides is 1. The molecular weight excluding hydrogens is 267 g/mol. The molecule has 20 heavy (non-hydrogen) atoms. The second kappa shape index (κ2) is 7.54. The highest BCUT2D eigenvalue weighted by molar-refractivity contribution is 5.91. The van der Waals surface area contributed by atoms with E-state index >= 15 is 0 Å². The molecule has 0 saturated heterocycles. The Kier molecular flexibility index (Phi) is 6.05. The standard InChI is InChI=1S/C13H17FN2O4/c1-9(2)8-20-6-5-13(17)15-12-7-10(16(18)19)3-4-11(12)14/h3-4,7,9H,5-6,8H2,1-2H3,(H,15,17). The molecule has 0 fully saturated rings.